The van der Waals surface area contributed by atoms with Crippen LogP contribution in [0.15, 0.2) is 23.1 Å². The van der Waals surface area contributed by atoms with Gasteiger partial charge in [0.25, 0.3) is 0 Å². The van der Waals surface area contributed by atoms with E-state index in [4.69, 9.17) is 5.11 Å². The van der Waals surface area contributed by atoms with E-state index in [1.165, 1.54) is 4.31 Å². The molecule has 0 bridgehead atoms. The van der Waals surface area contributed by atoms with Crippen LogP contribution in [0.3, 0.4) is 0 Å². The van der Waals surface area contributed by atoms with Gasteiger partial charge in [-0.1, -0.05) is 0 Å². The largest absolute Gasteiger partial charge is 0.480 e. The minimum absolute atomic E-state index is 0.0731. The summed E-state index contributed by atoms with van der Waals surface area (Å²) in [6.07, 6.45) is 0.857. The number of likely N-dealkylation sites (N-methyl/N-ethyl adjacent to an activating group) is 1. The molecule has 0 amide bonds. The first-order chi connectivity index (χ1) is 12.1. The zero-order chi connectivity index (χ0) is 19.5. The smallest absolute Gasteiger partial charge is 0.387 e. The number of carbonyl (C=O) groups is 1. The summed E-state index contributed by atoms with van der Waals surface area (Å²) >= 11 is 0. The number of nitrogens with zero attached hydrogens (tertiary/aromatic N) is 2. The molecule has 1 N–H and O–H groups in total. The average Bonchev–Trinajstić information content (AvgIpc) is 2.55. The van der Waals surface area contributed by atoms with Gasteiger partial charge in [0.05, 0.1) is 11.4 Å². The Bertz CT molecular complexity index is 752. The van der Waals surface area contributed by atoms with Crippen LogP contribution in [-0.4, -0.2) is 68.0 Å². The highest BCUT2D eigenvalue weighted by atomic mass is 32.2. The van der Waals surface area contributed by atoms with Crippen molar-refractivity contribution >= 4 is 16.0 Å². The number of hydrogen-bond acceptors (Lipinski definition) is 5. The van der Waals surface area contributed by atoms with E-state index in [9.17, 15) is 26.4 Å². The Morgan fingerprint density at radius 2 is 2.00 bits per heavy atom. The predicted octanol–water partition coefficient (Wildman–Crippen LogP) is 1.60. The first kappa shape index (κ1) is 20.5. The lowest BCUT2D eigenvalue weighted by Crippen LogP contribution is -2.46. The van der Waals surface area contributed by atoms with E-state index in [0.29, 0.717) is 18.9 Å². The molecular formula is C15H19F3N2O5S. The lowest BCUT2D eigenvalue weighted by molar-refractivity contribution is -0.138. The van der Waals surface area contributed by atoms with E-state index in [0.717, 1.165) is 12.1 Å². The maximum absolute atomic E-state index is 13.8. The summed E-state index contributed by atoms with van der Waals surface area (Å²) in [4.78, 5) is 12.0. The Balaban J connectivity index is 2.07. The zero-order valence-corrected chi connectivity index (χ0v) is 14.8. The number of sulfonamides is 1. The Kier molecular flexibility index (Phi) is 6.48. The standard InChI is InChI=1S/C15H19F3N2O5S/c1-19(9-14(21)22)10-4-6-20(7-5-10)26(23,24)11-2-3-13(12(16)8-11)25-15(17)18/h2-3,8,10,15H,4-7,9H2,1H3,(H,21,22). The van der Waals surface area contributed by atoms with Gasteiger partial charge in [-0.2, -0.15) is 13.1 Å². The van der Waals surface area contributed by atoms with E-state index in [1.54, 1.807) is 11.9 Å². The van der Waals surface area contributed by atoms with E-state index in [-0.39, 0.29) is 30.6 Å². The molecule has 146 valence electrons. The fourth-order valence-corrected chi connectivity index (χ4v) is 4.33. The lowest BCUT2D eigenvalue weighted by atomic mass is 10.1. The number of benzene rings is 1. The van der Waals surface area contributed by atoms with Gasteiger partial charge >= 0.3 is 12.6 Å². The van der Waals surface area contributed by atoms with Crippen LogP contribution in [0.2, 0.25) is 0 Å². The number of halogens is 3. The molecule has 0 saturated carbocycles. The number of carboxylic acids is 1. The van der Waals surface area contributed by atoms with Gasteiger partial charge in [0.1, 0.15) is 0 Å². The quantitative estimate of drug-likeness (QED) is 0.753. The van der Waals surface area contributed by atoms with Crippen molar-refractivity contribution in [3.63, 3.8) is 0 Å². The molecule has 0 spiro atoms. The van der Waals surface area contributed by atoms with Gasteiger partial charge < -0.3 is 9.84 Å². The Hall–Kier alpha value is -1.85. The van der Waals surface area contributed by atoms with Gasteiger partial charge in [-0.05, 0) is 38.1 Å². The van der Waals surface area contributed by atoms with Crippen molar-refractivity contribution in [3.8, 4) is 5.75 Å². The molecule has 0 unspecified atom stereocenters. The summed E-state index contributed by atoms with van der Waals surface area (Å²) in [6.45, 7) is -3.07. The van der Waals surface area contributed by atoms with Crippen molar-refractivity contribution in [1.29, 1.82) is 0 Å². The first-order valence-corrected chi connectivity index (χ1v) is 9.22. The molecule has 11 heteroatoms. The number of carboxylic acid groups (broad SMARTS) is 1. The van der Waals surface area contributed by atoms with E-state index in [1.807, 2.05) is 0 Å². The van der Waals surface area contributed by atoms with Crippen molar-refractivity contribution in [1.82, 2.24) is 9.21 Å². The van der Waals surface area contributed by atoms with E-state index < -0.39 is 34.2 Å². The minimum Gasteiger partial charge on any atom is -0.480 e. The molecule has 0 atom stereocenters. The number of ether oxygens (including phenoxy) is 1. The molecule has 26 heavy (non-hydrogen) atoms. The van der Waals surface area contributed by atoms with Gasteiger partial charge in [0.15, 0.2) is 11.6 Å². The summed E-state index contributed by atoms with van der Waals surface area (Å²) in [7, 11) is -2.33. The highest BCUT2D eigenvalue weighted by Crippen LogP contribution is 2.27. The van der Waals surface area contributed by atoms with Crippen molar-refractivity contribution < 1.29 is 36.2 Å². The van der Waals surface area contributed by atoms with Crippen molar-refractivity contribution in [2.45, 2.75) is 30.4 Å². The first-order valence-electron chi connectivity index (χ1n) is 7.78. The van der Waals surface area contributed by atoms with Crippen LogP contribution in [0, 0.1) is 5.82 Å². The number of hydrogen-bond donors (Lipinski definition) is 1. The number of rotatable bonds is 7. The third-order valence-corrected chi connectivity index (χ3v) is 6.08. The van der Waals surface area contributed by atoms with Crippen LogP contribution in [0.4, 0.5) is 13.2 Å². The summed E-state index contributed by atoms with van der Waals surface area (Å²) < 4.78 is 68.4. The van der Waals surface area contributed by atoms with Crippen LogP contribution in [0.5, 0.6) is 5.75 Å². The molecule has 0 aromatic heterocycles. The van der Waals surface area contributed by atoms with Gasteiger partial charge in [-0.3, -0.25) is 9.69 Å². The van der Waals surface area contributed by atoms with Gasteiger partial charge in [0, 0.05) is 19.1 Å². The Morgan fingerprint density at radius 1 is 1.38 bits per heavy atom. The second kappa shape index (κ2) is 8.23. The molecule has 2 rings (SSSR count). The van der Waals surface area contributed by atoms with Crippen LogP contribution in [0.1, 0.15) is 12.8 Å². The molecular weight excluding hydrogens is 377 g/mol. The van der Waals surface area contributed by atoms with Crippen LogP contribution in [0.25, 0.3) is 0 Å². The number of alkyl halides is 2. The van der Waals surface area contributed by atoms with Crippen molar-refractivity contribution in [2.24, 2.45) is 0 Å². The van der Waals surface area contributed by atoms with Crippen LogP contribution in [-0.2, 0) is 14.8 Å². The fraction of sp³-hybridized carbons (Fsp3) is 0.533. The molecule has 1 heterocycles. The summed E-state index contributed by atoms with van der Waals surface area (Å²) in [5.41, 5.74) is 0. The van der Waals surface area contributed by atoms with Gasteiger partial charge in [0.2, 0.25) is 10.0 Å². The summed E-state index contributed by atoms with van der Waals surface area (Å²) in [5.74, 6) is -2.89. The molecule has 1 fully saturated rings. The Morgan fingerprint density at radius 3 is 2.50 bits per heavy atom. The summed E-state index contributed by atoms with van der Waals surface area (Å²) in [5, 5.41) is 8.81. The molecule has 1 aromatic carbocycles. The summed E-state index contributed by atoms with van der Waals surface area (Å²) in [6, 6.07) is 2.44. The molecule has 0 aliphatic carbocycles. The van der Waals surface area contributed by atoms with E-state index in [2.05, 4.69) is 4.74 Å². The monoisotopic (exact) mass is 396 g/mol. The average molecular weight is 396 g/mol. The predicted molar refractivity (Wildman–Crippen MR) is 85.1 cm³/mol. The number of aliphatic carboxylic acids is 1. The Labute approximate surface area is 149 Å². The van der Waals surface area contributed by atoms with Gasteiger partial charge in [-0.15, -0.1) is 0 Å². The van der Waals surface area contributed by atoms with Crippen LogP contribution >= 0.6 is 0 Å². The maximum atomic E-state index is 13.8. The van der Waals surface area contributed by atoms with Gasteiger partial charge in [-0.25, -0.2) is 12.8 Å². The number of piperidine rings is 1. The highest BCUT2D eigenvalue weighted by molar-refractivity contribution is 7.89. The fourth-order valence-electron chi connectivity index (χ4n) is 2.85. The van der Waals surface area contributed by atoms with Crippen LogP contribution < -0.4 is 4.74 Å². The molecule has 1 aliphatic rings. The zero-order valence-electron chi connectivity index (χ0n) is 13.9. The minimum atomic E-state index is -3.99. The second-order valence-electron chi connectivity index (χ2n) is 5.91. The third kappa shape index (κ3) is 4.86. The molecule has 7 nitrogen and oxygen atoms in total. The highest BCUT2D eigenvalue weighted by Gasteiger charge is 2.31. The second-order valence-corrected chi connectivity index (χ2v) is 7.85. The third-order valence-electron chi connectivity index (χ3n) is 4.19. The lowest BCUT2D eigenvalue weighted by Gasteiger charge is -2.35. The molecule has 1 saturated heterocycles. The van der Waals surface area contributed by atoms with E-state index >= 15 is 0 Å². The van der Waals surface area contributed by atoms with Crippen molar-refractivity contribution in [3.05, 3.63) is 24.0 Å². The topological polar surface area (TPSA) is 87.2 Å². The molecule has 0 radical (unpaired) electrons. The SMILES string of the molecule is CN(CC(=O)O)C1CCN(S(=O)(=O)c2ccc(OC(F)F)c(F)c2)CC1. The normalized spacial score (nSPS) is 17.0. The molecule has 1 aromatic rings. The molecule has 1 aliphatic heterocycles. The van der Waals surface area contributed by atoms with Crippen molar-refractivity contribution in [2.75, 3.05) is 26.7 Å². The maximum Gasteiger partial charge on any atom is 0.387 e.